The fraction of sp³-hybridized carbons (Fsp3) is 0. The number of anilines is 6. The number of hydrogen-bond acceptors (Lipinski definition) is 6. The van der Waals surface area contributed by atoms with Gasteiger partial charge in [-0.25, -0.2) is 9.97 Å². The van der Waals surface area contributed by atoms with Crippen molar-refractivity contribution in [1.82, 2.24) is 9.97 Å². The summed E-state index contributed by atoms with van der Waals surface area (Å²) in [6, 6.07) is 79.8. The summed E-state index contributed by atoms with van der Waals surface area (Å²) < 4.78 is 13.3. The molecule has 0 aliphatic rings. The first-order valence-electron chi connectivity index (χ1n) is 21.4. The lowest BCUT2D eigenvalue weighted by atomic mass is 10.0. The van der Waals surface area contributed by atoms with Gasteiger partial charge in [-0.05, 0) is 108 Å². The Morgan fingerprint density at radius 3 is 1.09 bits per heavy atom. The molecule has 2 aromatic heterocycles. The molecule has 0 aliphatic heterocycles. The first kappa shape index (κ1) is 37.1. The van der Waals surface area contributed by atoms with Gasteiger partial charge in [-0.2, -0.15) is 0 Å². The lowest BCUT2D eigenvalue weighted by Crippen LogP contribution is -2.10. The minimum atomic E-state index is 0.545. The predicted molar refractivity (Wildman–Crippen MR) is 262 cm³/mol. The third-order valence-corrected chi connectivity index (χ3v) is 11.9. The first-order chi connectivity index (χ1) is 31.7. The van der Waals surface area contributed by atoms with Gasteiger partial charge in [0.1, 0.15) is 11.0 Å². The zero-order valence-electron chi connectivity index (χ0n) is 34.5. The molecule has 0 spiro atoms. The van der Waals surface area contributed by atoms with Crippen LogP contribution in [0, 0.1) is 0 Å². The van der Waals surface area contributed by atoms with Gasteiger partial charge in [0.15, 0.2) is 11.2 Å². The highest BCUT2D eigenvalue weighted by atomic mass is 16.4. The minimum Gasteiger partial charge on any atom is -0.435 e. The monoisotopic (exact) mass is 822 g/mol. The van der Waals surface area contributed by atoms with Crippen molar-refractivity contribution in [3.63, 3.8) is 0 Å². The van der Waals surface area contributed by atoms with E-state index in [2.05, 4.69) is 204 Å². The van der Waals surface area contributed by atoms with Crippen molar-refractivity contribution in [3.05, 3.63) is 231 Å². The molecule has 0 aliphatic carbocycles. The fourth-order valence-corrected chi connectivity index (χ4v) is 8.89. The van der Waals surface area contributed by atoms with Crippen molar-refractivity contribution < 1.29 is 8.83 Å². The summed E-state index contributed by atoms with van der Waals surface area (Å²) in [5.74, 6) is 1.09. The molecular weight excluding hydrogens is 785 g/mol. The molecule has 12 aromatic rings. The summed E-state index contributed by atoms with van der Waals surface area (Å²) in [5.41, 5.74) is 12.9. The second-order valence-corrected chi connectivity index (χ2v) is 15.8. The maximum atomic E-state index is 6.65. The third-order valence-electron chi connectivity index (χ3n) is 11.9. The van der Waals surface area contributed by atoms with Crippen molar-refractivity contribution in [2.45, 2.75) is 0 Å². The number of fused-ring (bicyclic) bond motifs is 4. The molecule has 302 valence electrons. The Hall–Kier alpha value is -8.74. The van der Waals surface area contributed by atoms with Crippen LogP contribution < -0.4 is 9.80 Å². The van der Waals surface area contributed by atoms with Gasteiger partial charge in [-0.1, -0.05) is 133 Å². The van der Waals surface area contributed by atoms with Crippen molar-refractivity contribution in [3.8, 4) is 34.0 Å². The number of benzene rings is 10. The molecule has 0 fully saturated rings. The molecule has 0 amide bonds. The lowest BCUT2D eigenvalue weighted by molar-refractivity contribution is 0.616. The largest absolute Gasteiger partial charge is 0.435 e. The Balaban J connectivity index is 0.877. The number of oxazole rings is 2. The Morgan fingerprint density at radius 1 is 0.297 bits per heavy atom. The topological polar surface area (TPSA) is 58.5 Å². The Morgan fingerprint density at radius 2 is 0.656 bits per heavy atom. The summed E-state index contributed by atoms with van der Waals surface area (Å²) in [6.45, 7) is 0. The molecule has 0 N–H and O–H groups in total. The van der Waals surface area contributed by atoms with Gasteiger partial charge in [-0.3, -0.25) is 0 Å². The molecule has 2 heterocycles. The van der Waals surface area contributed by atoms with Crippen LogP contribution >= 0.6 is 0 Å². The van der Waals surface area contributed by atoms with E-state index in [9.17, 15) is 0 Å². The van der Waals surface area contributed by atoms with E-state index in [0.717, 1.165) is 67.4 Å². The smallest absolute Gasteiger partial charge is 0.227 e. The standard InChI is InChI=1S/C58H38N4O2/c1-3-19-43(20-4-1)61(53-29-11-17-39-15-7-9-23-47(39)53)45-35-31-41(32-36-45)57-59-51-27-13-25-49(55(51)63-57)50-26-14-28-52-56(50)64-58(60-52)42-33-37-46(38-34-42)62(44-21-5-2-6-22-44)54-30-12-18-40-16-8-10-24-48(40)54/h1-38H. The number of aromatic nitrogens is 2. The van der Waals surface area contributed by atoms with E-state index in [1.54, 1.807) is 0 Å². The average Bonchev–Trinajstić information content (AvgIpc) is 4.01. The van der Waals surface area contributed by atoms with Crippen LogP contribution in [-0.4, -0.2) is 9.97 Å². The summed E-state index contributed by atoms with van der Waals surface area (Å²) in [6.07, 6.45) is 0. The van der Waals surface area contributed by atoms with Crippen LogP contribution in [0.4, 0.5) is 34.1 Å². The van der Waals surface area contributed by atoms with E-state index in [-0.39, 0.29) is 0 Å². The van der Waals surface area contributed by atoms with Crippen LogP contribution in [0.5, 0.6) is 0 Å². The molecule has 0 atom stereocenters. The van der Waals surface area contributed by atoms with Crippen LogP contribution in [0.1, 0.15) is 0 Å². The second-order valence-electron chi connectivity index (χ2n) is 15.8. The van der Waals surface area contributed by atoms with Gasteiger partial charge in [0.05, 0.1) is 11.4 Å². The van der Waals surface area contributed by atoms with E-state index in [1.165, 1.54) is 21.5 Å². The van der Waals surface area contributed by atoms with Crippen molar-refractivity contribution in [2.75, 3.05) is 9.80 Å². The number of hydrogen-bond donors (Lipinski definition) is 0. The Labute approximate surface area is 369 Å². The second kappa shape index (κ2) is 15.6. The van der Waals surface area contributed by atoms with Gasteiger partial charge in [0, 0.05) is 55.8 Å². The van der Waals surface area contributed by atoms with Crippen LogP contribution in [0.15, 0.2) is 239 Å². The van der Waals surface area contributed by atoms with Crippen molar-refractivity contribution >= 4 is 77.9 Å². The molecule has 0 saturated carbocycles. The highest BCUT2D eigenvalue weighted by Gasteiger charge is 2.21. The molecule has 6 heteroatoms. The molecular formula is C58H38N4O2. The molecule has 0 unspecified atom stereocenters. The quantitative estimate of drug-likeness (QED) is 0.145. The summed E-state index contributed by atoms with van der Waals surface area (Å²) in [4.78, 5) is 14.6. The normalized spacial score (nSPS) is 11.4. The van der Waals surface area contributed by atoms with Gasteiger partial charge in [0.25, 0.3) is 0 Å². The number of rotatable bonds is 9. The summed E-state index contributed by atoms with van der Waals surface area (Å²) in [5, 5.41) is 4.74. The molecule has 0 bridgehead atoms. The first-order valence-corrected chi connectivity index (χ1v) is 21.4. The maximum absolute atomic E-state index is 6.65. The van der Waals surface area contributed by atoms with Crippen LogP contribution in [0.25, 0.3) is 77.8 Å². The molecule has 10 aromatic carbocycles. The van der Waals surface area contributed by atoms with E-state index < -0.39 is 0 Å². The SMILES string of the molecule is c1ccc(N(c2ccc(-c3nc4cccc(-c5cccc6nc(-c7ccc(N(c8ccccc8)c8cccc9ccccc89)cc7)oc56)c4o3)cc2)c2cccc3ccccc23)cc1. The fourth-order valence-electron chi connectivity index (χ4n) is 8.89. The van der Waals surface area contributed by atoms with Crippen LogP contribution in [-0.2, 0) is 0 Å². The van der Waals surface area contributed by atoms with Gasteiger partial charge in [0.2, 0.25) is 11.8 Å². The van der Waals surface area contributed by atoms with Crippen molar-refractivity contribution in [1.29, 1.82) is 0 Å². The van der Waals surface area contributed by atoms with Crippen molar-refractivity contribution in [2.24, 2.45) is 0 Å². The molecule has 0 saturated heterocycles. The van der Waals surface area contributed by atoms with Gasteiger partial charge >= 0.3 is 0 Å². The zero-order valence-corrected chi connectivity index (χ0v) is 34.5. The summed E-state index contributed by atoms with van der Waals surface area (Å²) >= 11 is 0. The average molecular weight is 823 g/mol. The minimum absolute atomic E-state index is 0.545. The summed E-state index contributed by atoms with van der Waals surface area (Å²) in [7, 11) is 0. The van der Waals surface area contributed by atoms with E-state index in [4.69, 9.17) is 18.8 Å². The van der Waals surface area contributed by atoms with Gasteiger partial charge in [-0.15, -0.1) is 0 Å². The Bertz CT molecular complexity index is 3360. The Kier molecular flexibility index (Phi) is 9.05. The lowest BCUT2D eigenvalue weighted by Gasteiger charge is -2.27. The van der Waals surface area contributed by atoms with E-state index >= 15 is 0 Å². The van der Waals surface area contributed by atoms with E-state index in [0.29, 0.717) is 22.9 Å². The molecule has 12 rings (SSSR count). The maximum Gasteiger partial charge on any atom is 0.227 e. The van der Waals surface area contributed by atoms with Gasteiger partial charge < -0.3 is 18.6 Å². The third kappa shape index (κ3) is 6.53. The number of para-hydroxylation sites is 4. The van der Waals surface area contributed by atoms with Crippen LogP contribution in [0.3, 0.4) is 0 Å². The zero-order chi connectivity index (χ0) is 42.4. The van der Waals surface area contributed by atoms with Crippen LogP contribution in [0.2, 0.25) is 0 Å². The van der Waals surface area contributed by atoms with E-state index in [1.807, 2.05) is 36.4 Å². The highest BCUT2D eigenvalue weighted by Crippen LogP contribution is 2.43. The molecule has 64 heavy (non-hydrogen) atoms. The highest BCUT2D eigenvalue weighted by molar-refractivity contribution is 6.02. The predicted octanol–water partition coefficient (Wildman–Crippen LogP) is 16.2. The molecule has 6 nitrogen and oxygen atoms in total. The molecule has 0 radical (unpaired) electrons. The number of nitrogens with zero attached hydrogens (tertiary/aromatic N) is 4.